The van der Waals surface area contributed by atoms with Crippen LogP contribution in [-0.4, -0.2) is 42.3 Å². The molecule has 1 saturated carbocycles. The van der Waals surface area contributed by atoms with Gasteiger partial charge in [0.1, 0.15) is 0 Å². The molecule has 0 aromatic heterocycles. The molecule has 1 aliphatic carbocycles. The predicted molar refractivity (Wildman–Crippen MR) is 78.0 cm³/mol. The summed E-state index contributed by atoms with van der Waals surface area (Å²) in [5.74, 6) is 1.38. The van der Waals surface area contributed by atoms with Gasteiger partial charge in [0.25, 0.3) is 0 Å². The van der Waals surface area contributed by atoms with Crippen molar-refractivity contribution in [1.29, 1.82) is 0 Å². The summed E-state index contributed by atoms with van der Waals surface area (Å²) in [5, 5.41) is 0. The van der Waals surface area contributed by atoms with E-state index < -0.39 is 0 Å². The van der Waals surface area contributed by atoms with E-state index in [1.165, 1.54) is 19.4 Å². The first-order chi connectivity index (χ1) is 8.88. The number of rotatable bonds is 2. The number of hydrogen-bond donors (Lipinski definition) is 1. The van der Waals surface area contributed by atoms with Crippen LogP contribution in [0, 0.1) is 17.3 Å². The molecular weight excluding hydrogens is 236 g/mol. The lowest BCUT2D eigenvalue weighted by Gasteiger charge is -2.64. The molecule has 3 aliphatic rings. The first kappa shape index (κ1) is 13.8. The van der Waals surface area contributed by atoms with Gasteiger partial charge in [-0.3, -0.25) is 4.90 Å². The first-order valence-electron chi connectivity index (χ1n) is 8.02. The van der Waals surface area contributed by atoms with Crippen LogP contribution in [0.5, 0.6) is 0 Å². The number of nitrogens with two attached hydrogens (primary N) is 1. The Kier molecular flexibility index (Phi) is 3.23. The summed E-state index contributed by atoms with van der Waals surface area (Å²) in [6.45, 7) is 12.5. The maximum absolute atomic E-state index is 6.88. The molecule has 2 saturated heterocycles. The number of ether oxygens (including phenoxy) is 1. The zero-order valence-electron chi connectivity index (χ0n) is 13.0. The third-order valence-electron chi connectivity index (χ3n) is 6.63. The normalized spacial score (nSPS) is 49.7. The van der Waals surface area contributed by atoms with Crippen LogP contribution in [0.25, 0.3) is 0 Å². The van der Waals surface area contributed by atoms with Crippen LogP contribution in [0.2, 0.25) is 0 Å². The van der Waals surface area contributed by atoms with Gasteiger partial charge in [-0.25, -0.2) is 0 Å². The monoisotopic (exact) mass is 266 g/mol. The first-order valence-corrected chi connectivity index (χ1v) is 8.02. The zero-order chi connectivity index (χ0) is 13.8. The third kappa shape index (κ3) is 1.81. The minimum atomic E-state index is -0.0561. The SMILES string of the molecule is CC1CCCN(CC2(N)C3CCOC3C2(C)C)C1C. The van der Waals surface area contributed by atoms with Gasteiger partial charge in [-0.15, -0.1) is 0 Å². The number of hydrogen-bond acceptors (Lipinski definition) is 3. The van der Waals surface area contributed by atoms with Crippen molar-refractivity contribution >= 4 is 0 Å². The lowest BCUT2D eigenvalue weighted by molar-refractivity contribution is -0.167. The molecule has 0 amide bonds. The highest BCUT2D eigenvalue weighted by atomic mass is 16.5. The van der Waals surface area contributed by atoms with Crippen LogP contribution < -0.4 is 5.73 Å². The molecular formula is C16H30N2O. The van der Waals surface area contributed by atoms with Crippen molar-refractivity contribution in [3.8, 4) is 0 Å². The van der Waals surface area contributed by atoms with E-state index in [0.717, 1.165) is 25.5 Å². The van der Waals surface area contributed by atoms with Gasteiger partial charge in [0.2, 0.25) is 0 Å². The molecule has 2 heterocycles. The van der Waals surface area contributed by atoms with Crippen LogP contribution in [0.15, 0.2) is 0 Å². The maximum atomic E-state index is 6.88. The second-order valence-corrected chi connectivity index (χ2v) is 7.78. The molecule has 3 rings (SSSR count). The molecule has 5 atom stereocenters. The van der Waals surface area contributed by atoms with Crippen molar-refractivity contribution in [2.24, 2.45) is 23.0 Å². The van der Waals surface area contributed by atoms with E-state index in [4.69, 9.17) is 10.5 Å². The molecule has 2 N–H and O–H groups in total. The van der Waals surface area contributed by atoms with Crippen LogP contribution in [0.3, 0.4) is 0 Å². The Labute approximate surface area is 117 Å². The van der Waals surface area contributed by atoms with Crippen LogP contribution in [0.1, 0.15) is 47.0 Å². The van der Waals surface area contributed by atoms with Gasteiger partial charge in [-0.2, -0.15) is 0 Å². The Morgan fingerprint density at radius 2 is 2.00 bits per heavy atom. The second-order valence-electron chi connectivity index (χ2n) is 7.78. The van der Waals surface area contributed by atoms with Gasteiger partial charge in [0, 0.05) is 36.1 Å². The molecule has 19 heavy (non-hydrogen) atoms. The van der Waals surface area contributed by atoms with Crippen molar-refractivity contribution in [3.63, 3.8) is 0 Å². The van der Waals surface area contributed by atoms with Gasteiger partial charge < -0.3 is 10.5 Å². The van der Waals surface area contributed by atoms with Crippen molar-refractivity contribution in [1.82, 2.24) is 4.90 Å². The highest BCUT2D eigenvalue weighted by Crippen LogP contribution is 2.58. The van der Waals surface area contributed by atoms with Crippen molar-refractivity contribution in [2.45, 2.75) is 64.6 Å². The van der Waals surface area contributed by atoms with E-state index in [2.05, 4.69) is 32.6 Å². The van der Waals surface area contributed by atoms with Gasteiger partial charge in [0.05, 0.1) is 6.10 Å². The van der Waals surface area contributed by atoms with Gasteiger partial charge in [0.15, 0.2) is 0 Å². The highest BCUT2D eigenvalue weighted by Gasteiger charge is 2.67. The van der Waals surface area contributed by atoms with E-state index in [9.17, 15) is 0 Å². The number of piperidine rings is 1. The second kappa shape index (κ2) is 4.44. The van der Waals surface area contributed by atoms with E-state index in [1.54, 1.807) is 0 Å². The van der Waals surface area contributed by atoms with E-state index >= 15 is 0 Å². The largest absolute Gasteiger partial charge is 0.377 e. The van der Waals surface area contributed by atoms with E-state index in [1.807, 2.05) is 0 Å². The van der Waals surface area contributed by atoms with Crippen LogP contribution in [0.4, 0.5) is 0 Å². The summed E-state index contributed by atoms with van der Waals surface area (Å²) in [5.41, 5.74) is 6.95. The smallest absolute Gasteiger partial charge is 0.0691 e. The molecule has 0 aromatic rings. The maximum Gasteiger partial charge on any atom is 0.0691 e. The van der Waals surface area contributed by atoms with Gasteiger partial charge >= 0.3 is 0 Å². The number of fused-ring (bicyclic) bond motifs is 1. The predicted octanol–water partition coefficient (Wildman–Crippen LogP) is 2.25. The van der Waals surface area contributed by atoms with Crippen molar-refractivity contribution in [2.75, 3.05) is 19.7 Å². The Hall–Kier alpha value is -0.120. The average molecular weight is 266 g/mol. The number of nitrogens with zero attached hydrogens (tertiary/aromatic N) is 1. The number of likely N-dealkylation sites (tertiary alicyclic amines) is 1. The van der Waals surface area contributed by atoms with E-state index in [0.29, 0.717) is 18.1 Å². The quantitative estimate of drug-likeness (QED) is 0.833. The lowest BCUT2D eigenvalue weighted by atomic mass is 9.48. The highest BCUT2D eigenvalue weighted by molar-refractivity contribution is 5.21. The zero-order valence-corrected chi connectivity index (χ0v) is 13.0. The molecule has 3 heteroatoms. The van der Waals surface area contributed by atoms with Crippen LogP contribution >= 0.6 is 0 Å². The van der Waals surface area contributed by atoms with Crippen molar-refractivity contribution in [3.05, 3.63) is 0 Å². The Morgan fingerprint density at radius 3 is 2.74 bits per heavy atom. The Morgan fingerprint density at radius 1 is 1.26 bits per heavy atom. The fourth-order valence-corrected chi connectivity index (χ4v) is 4.78. The third-order valence-corrected chi connectivity index (χ3v) is 6.63. The molecule has 0 spiro atoms. The summed E-state index contributed by atoms with van der Waals surface area (Å²) >= 11 is 0. The summed E-state index contributed by atoms with van der Waals surface area (Å²) in [4.78, 5) is 2.64. The summed E-state index contributed by atoms with van der Waals surface area (Å²) in [6.07, 6.45) is 4.25. The van der Waals surface area contributed by atoms with Gasteiger partial charge in [-0.05, 0) is 38.6 Å². The van der Waals surface area contributed by atoms with Gasteiger partial charge in [-0.1, -0.05) is 20.8 Å². The molecule has 0 aromatic carbocycles. The minimum absolute atomic E-state index is 0.0561. The lowest BCUT2D eigenvalue weighted by Crippen LogP contribution is -2.78. The topological polar surface area (TPSA) is 38.5 Å². The van der Waals surface area contributed by atoms with Crippen LogP contribution in [-0.2, 0) is 4.74 Å². The fourth-order valence-electron chi connectivity index (χ4n) is 4.78. The summed E-state index contributed by atoms with van der Waals surface area (Å²) in [6, 6.07) is 0.673. The molecule has 3 fully saturated rings. The molecule has 2 aliphatic heterocycles. The van der Waals surface area contributed by atoms with E-state index in [-0.39, 0.29) is 11.0 Å². The Balaban J connectivity index is 1.75. The molecule has 110 valence electrons. The molecule has 0 bridgehead atoms. The summed E-state index contributed by atoms with van der Waals surface area (Å²) < 4.78 is 5.90. The summed E-state index contributed by atoms with van der Waals surface area (Å²) in [7, 11) is 0. The minimum Gasteiger partial charge on any atom is -0.377 e. The average Bonchev–Trinajstić information content (AvgIpc) is 2.83. The van der Waals surface area contributed by atoms with Crippen molar-refractivity contribution < 1.29 is 4.74 Å². The standard InChI is InChI=1S/C16H30N2O/c1-11-6-5-8-18(12(11)2)10-16(17)13-7-9-19-14(13)15(16,3)4/h11-14H,5-10,17H2,1-4H3. The molecule has 5 unspecified atom stereocenters. The molecule has 3 nitrogen and oxygen atoms in total. The molecule has 0 radical (unpaired) electrons. The Bertz CT molecular complexity index is 357. The fraction of sp³-hybridized carbons (Fsp3) is 1.00.